The number of rotatable bonds is 5. The summed E-state index contributed by atoms with van der Waals surface area (Å²) in [6, 6.07) is 3.09. The zero-order valence-corrected chi connectivity index (χ0v) is 18.4. The van der Waals surface area contributed by atoms with Gasteiger partial charge in [0.15, 0.2) is 0 Å². The number of thiazole rings is 1. The molecule has 1 aromatic carbocycles. The topological polar surface area (TPSA) is 112 Å². The summed E-state index contributed by atoms with van der Waals surface area (Å²) < 4.78 is 39.0. The van der Waals surface area contributed by atoms with Crippen molar-refractivity contribution < 1.29 is 22.8 Å². The number of carbonyl (C=O) groups is 2. The molecule has 14 heteroatoms. The molecule has 3 N–H and O–H groups in total. The van der Waals surface area contributed by atoms with Gasteiger partial charge in [-0.25, -0.2) is 20.0 Å². The maximum atomic E-state index is 13.0. The van der Waals surface area contributed by atoms with Gasteiger partial charge in [-0.1, -0.05) is 11.6 Å². The number of benzene rings is 1. The Labute approximate surface area is 194 Å². The lowest BCUT2D eigenvalue weighted by molar-refractivity contribution is -0.137. The van der Waals surface area contributed by atoms with E-state index in [0.717, 1.165) is 23.5 Å². The predicted octanol–water partition coefficient (Wildman–Crippen LogP) is 3.56. The minimum Gasteiger partial charge on any atom is -0.344 e. The number of fused-ring (bicyclic) bond motifs is 1. The lowest BCUT2D eigenvalue weighted by Gasteiger charge is -2.11. The summed E-state index contributed by atoms with van der Waals surface area (Å²) in [4.78, 5) is 37.4. The van der Waals surface area contributed by atoms with E-state index >= 15 is 0 Å². The Morgan fingerprint density at radius 2 is 2.03 bits per heavy atom. The van der Waals surface area contributed by atoms with Crippen LogP contribution in [0.25, 0.3) is 0 Å². The summed E-state index contributed by atoms with van der Waals surface area (Å²) in [6.45, 7) is 0.499. The number of halogens is 4. The Morgan fingerprint density at radius 1 is 1.24 bits per heavy atom. The van der Waals surface area contributed by atoms with Gasteiger partial charge in [-0.2, -0.15) is 13.2 Å². The third-order valence-corrected chi connectivity index (χ3v) is 5.89. The lowest BCUT2D eigenvalue weighted by Crippen LogP contribution is -2.25. The number of alkyl halides is 3. The number of nitrogens with zero attached hydrogens (tertiary/aromatic N) is 4. The van der Waals surface area contributed by atoms with Crippen molar-refractivity contribution in [3.8, 4) is 0 Å². The highest BCUT2D eigenvalue weighted by atomic mass is 35.5. The second kappa shape index (κ2) is 8.92. The molecule has 0 saturated heterocycles. The van der Waals surface area contributed by atoms with Crippen molar-refractivity contribution in [2.45, 2.75) is 19.3 Å². The Hall–Kier alpha value is -3.29. The molecule has 2 amide bonds. The number of hydrogen-bond acceptors (Lipinski definition) is 8. The smallest absolute Gasteiger partial charge is 0.344 e. The fourth-order valence-electron chi connectivity index (χ4n) is 3.06. The molecule has 0 aliphatic carbocycles. The fourth-order valence-corrected chi connectivity index (χ4v) is 4.04. The molecule has 0 bridgehead atoms. The van der Waals surface area contributed by atoms with E-state index in [1.54, 1.807) is 12.1 Å². The molecule has 0 saturated carbocycles. The van der Waals surface area contributed by atoms with E-state index in [1.807, 2.05) is 0 Å². The Bertz CT molecular complexity index is 1230. The molecule has 1 aliphatic heterocycles. The SMILES string of the molecule is CN1Cc2c(ncnc2C(=O)NCc2ncc(C(=O)Nc3ccc(Cl)c(C(F)(F)F)c3)s2)N1. The van der Waals surface area contributed by atoms with Crippen LogP contribution in [0.3, 0.4) is 0 Å². The van der Waals surface area contributed by atoms with Crippen LogP contribution in [0.2, 0.25) is 5.02 Å². The van der Waals surface area contributed by atoms with Crippen LogP contribution in [0.15, 0.2) is 30.7 Å². The molecule has 0 atom stereocenters. The van der Waals surface area contributed by atoms with Crippen molar-refractivity contribution in [2.75, 3.05) is 17.8 Å². The van der Waals surface area contributed by atoms with E-state index in [0.29, 0.717) is 22.9 Å². The van der Waals surface area contributed by atoms with Gasteiger partial charge in [0.1, 0.15) is 27.7 Å². The summed E-state index contributed by atoms with van der Waals surface area (Å²) in [5.74, 6) is -0.502. The molecule has 3 heterocycles. The molecule has 4 rings (SSSR count). The third-order valence-electron chi connectivity index (χ3n) is 4.56. The zero-order chi connectivity index (χ0) is 23.8. The molecule has 0 fully saturated rings. The average molecular weight is 498 g/mol. The molecule has 3 aromatic rings. The normalized spacial score (nSPS) is 13.4. The average Bonchev–Trinajstić information content (AvgIpc) is 3.38. The minimum absolute atomic E-state index is 0.0397. The van der Waals surface area contributed by atoms with Gasteiger partial charge < -0.3 is 16.1 Å². The van der Waals surface area contributed by atoms with Crippen molar-refractivity contribution in [3.05, 3.63) is 62.5 Å². The number of nitrogens with one attached hydrogen (secondary N) is 3. The molecular weight excluding hydrogens is 483 g/mol. The van der Waals surface area contributed by atoms with Crippen molar-refractivity contribution in [1.82, 2.24) is 25.3 Å². The van der Waals surface area contributed by atoms with Crippen molar-refractivity contribution in [2.24, 2.45) is 0 Å². The van der Waals surface area contributed by atoms with Gasteiger partial charge in [0.25, 0.3) is 11.8 Å². The first-order chi connectivity index (χ1) is 15.6. The molecule has 0 spiro atoms. The minimum atomic E-state index is -4.65. The van der Waals surface area contributed by atoms with Gasteiger partial charge >= 0.3 is 6.18 Å². The fraction of sp³-hybridized carbons (Fsp3) is 0.211. The highest BCUT2D eigenvalue weighted by Gasteiger charge is 2.33. The van der Waals surface area contributed by atoms with E-state index in [-0.39, 0.29) is 22.8 Å². The molecule has 9 nitrogen and oxygen atoms in total. The van der Waals surface area contributed by atoms with Crippen LogP contribution in [-0.4, -0.2) is 38.8 Å². The largest absolute Gasteiger partial charge is 0.417 e. The zero-order valence-electron chi connectivity index (χ0n) is 16.8. The molecule has 0 radical (unpaired) electrons. The van der Waals surface area contributed by atoms with E-state index in [1.165, 1.54) is 18.6 Å². The number of amides is 2. The van der Waals surface area contributed by atoms with Crippen LogP contribution < -0.4 is 16.1 Å². The predicted molar refractivity (Wildman–Crippen MR) is 115 cm³/mol. The molecular formula is C19H15ClF3N7O2S. The molecule has 2 aromatic heterocycles. The van der Waals surface area contributed by atoms with Gasteiger partial charge in [0, 0.05) is 24.8 Å². The number of anilines is 2. The van der Waals surface area contributed by atoms with Gasteiger partial charge in [0.05, 0.1) is 23.3 Å². The van der Waals surface area contributed by atoms with E-state index in [9.17, 15) is 22.8 Å². The van der Waals surface area contributed by atoms with E-state index in [2.05, 4.69) is 31.0 Å². The van der Waals surface area contributed by atoms with Crippen molar-refractivity contribution in [3.63, 3.8) is 0 Å². The van der Waals surface area contributed by atoms with Crippen molar-refractivity contribution in [1.29, 1.82) is 0 Å². The second-order valence-electron chi connectivity index (χ2n) is 6.96. The summed E-state index contributed by atoms with van der Waals surface area (Å²) in [5.41, 5.74) is 2.78. The number of carbonyl (C=O) groups excluding carboxylic acids is 2. The van der Waals surface area contributed by atoms with Crippen LogP contribution in [0.1, 0.15) is 36.3 Å². The van der Waals surface area contributed by atoms with Crippen molar-refractivity contribution >= 4 is 46.3 Å². The summed E-state index contributed by atoms with van der Waals surface area (Å²) >= 11 is 6.59. The first-order valence-corrected chi connectivity index (χ1v) is 10.5. The van der Waals surface area contributed by atoms with E-state index < -0.39 is 28.6 Å². The first-order valence-electron chi connectivity index (χ1n) is 9.34. The second-order valence-corrected chi connectivity index (χ2v) is 8.49. The van der Waals surface area contributed by atoms with Crippen LogP contribution >= 0.6 is 22.9 Å². The Balaban J connectivity index is 1.39. The van der Waals surface area contributed by atoms with Crippen LogP contribution in [0.5, 0.6) is 0 Å². The Morgan fingerprint density at radius 3 is 2.79 bits per heavy atom. The molecule has 33 heavy (non-hydrogen) atoms. The summed E-state index contributed by atoms with van der Waals surface area (Å²) in [5, 5.41) is 6.82. The summed E-state index contributed by atoms with van der Waals surface area (Å²) in [6.07, 6.45) is -2.08. The van der Waals surface area contributed by atoms with Crippen LogP contribution in [0.4, 0.5) is 24.7 Å². The first kappa shape index (κ1) is 22.9. The standard InChI is InChI=1S/C19H15ClF3N7O2S/c1-30-7-10-15(26-8-27-16(10)29-30)18(32)25-6-14-24-5-13(33-14)17(31)28-9-2-3-12(20)11(4-9)19(21,22)23/h2-5,8H,6-7H2,1H3,(H,25,32)(H,28,31)(H,26,27,29). The van der Waals surface area contributed by atoms with Gasteiger partial charge in [-0.05, 0) is 18.2 Å². The third kappa shape index (κ3) is 5.05. The highest BCUT2D eigenvalue weighted by Crippen LogP contribution is 2.36. The number of hydrazine groups is 1. The quantitative estimate of drug-likeness (QED) is 0.494. The maximum absolute atomic E-state index is 13.0. The molecule has 1 aliphatic rings. The van der Waals surface area contributed by atoms with Gasteiger partial charge in [0.2, 0.25) is 0 Å². The molecule has 0 unspecified atom stereocenters. The highest BCUT2D eigenvalue weighted by molar-refractivity contribution is 7.13. The van der Waals surface area contributed by atoms with E-state index in [4.69, 9.17) is 11.6 Å². The summed E-state index contributed by atoms with van der Waals surface area (Å²) in [7, 11) is 1.81. The van der Waals surface area contributed by atoms with Crippen LogP contribution in [-0.2, 0) is 19.3 Å². The lowest BCUT2D eigenvalue weighted by atomic mass is 10.2. The Kier molecular flexibility index (Phi) is 6.19. The number of aromatic nitrogens is 3. The monoisotopic (exact) mass is 497 g/mol. The van der Waals surface area contributed by atoms with Gasteiger partial charge in [-0.15, -0.1) is 11.3 Å². The maximum Gasteiger partial charge on any atom is 0.417 e. The van der Waals surface area contributed by atoms with Crippen LogP contribution in [0, 0.1) is 0 Å². The van der Waals surface area contributed by atoms with Gasteiger partial charge in [-0.3, -0.25) is 9.59 Å². The molecule has 172 valence electrons. The number of hydrogen-bond donors (Lipinski definition) is 3.